The highest BCUT2D eigenvalue weighted by molar-refractivity contribution is 5.95. The average molecular weight is 257 g/mol. The molecule has 2 N–H and O–H groups in total. The van der Waals surface area contributed by atoms with E-state index >= 15 is 0 Å². The number of hydrogen-bond donors (Lipinski definition) is 2. The van der Waals surface area contributed by atoms with Gasteiger partial charge in [-0.2, -0.15) is 0 Å². The molecular formula is C13H15N5O. The molecule has 2 heterocycles. The van der Waals surface area contributed by atoms with Gasteiger partial charge in [0.2, 0.25) is 5.91 Å². The number of nitrogens with zero attached hydrogens (tertiary/aromatic N) is 3. The third-order valence-electron chi connectivity index (χ3n) is 3.21. The van der Waals surface area contributed by atoms with Crippen molar-refractivity contribution in [1.29, 1.82) is 0 Å². The number of rotatable bonds is 3. The van der Waals surface area contributed by atoms with Crippen molar-refractivity contribution in [3.05, 3.63) is 36.9 Å². The van der Waals surface area contributed by atoms with Gasteiger partial charge in [0.25, 0.3) is 0 Å². The first-order valence-corrected chi connectivity index (χ1v) is 6.32. The minimum Gasteiger partial charge on any atom is -0.325 e. The molecule has 1 saturated heterocycles. The maximum Gasteiger partial charge on any atom is 0.241 e. The fourth-order valence-corrected chi connectivity index (χ4v) is 2.22. The first-order valence-electron chi connectivity index (χ1n) is 6.32. The minimum atomic E-state index is -0.0708. The van der Waals surface area contributed by atoms with Crippen molar-refractivity contribution >= 4 is 11.6 Å². The van der Waals surface area contributed by atoms with Gasteiger partial charge in [0.05, 0.1) is 11.7 Å². The second kappa shape index (κ2) is 5.19. The maximum absolute atomic E-state index is 12.0. The Hall–Kier alpha value is -2.21. The predicted molar refractivity (Wildman–Crippen MR) is 71.0 cm³/mol. The molecule has 0 radical (unpaired) electrons. The van der Waals surface area contributed by atoms with Crippen molar-refractivity contribution < 1.29 is 4.79 Å². The number of hydrogen-bond acceptors (Lipinski definition) is 4. The van der Waals surface area contributed by atoms with E-state index in [1.807, 2.05) is 24.3 Å². The molecule has 0 unspecified atom stereocenters. The summed E-state index contributed by atoms with van der Waals surface area (Å²) in [5.41, 5.74) is 1.70. The monoisotopic (exact) mass is 257 g/mol. The third-order valence-corrected chi connectivity index (χ3v) is 3.21. The van der Waals surface area contributed by atoms with Crippen LogP contribution in [0.15, 0.2) is 36.9 Å². The van der Waals surface area contributed by atoms with E-state index in [9.17, 15) is 4.79 Å². The summed E-state index contributed by atoms with van der Waals surface area (Å²) in [5, 5.41) is 13.6. The van der Waals surface area contributed by atoms with Crippen LogP contribution < -0.4 is 10.6 Å². The van der Waals surface area contributed by atoms with Crippen molar-refractivity contribution in [2.24, 2.45) is 0 Å². The molecule has 0 bridgehead atoms. The first-order chi connectivity index (χ1) is 9.33. The Morgan fingerprint density at radius 1 is 1.37 bits per heavy atom. The molecule has 0 aliphatic carbocycles. The molecule has 0 spiro atoms. The molecule has 1 atom stereocenters. The van der Waals surface area contributed by atoms with Crippen molar-refractivity contribution in [2.75, 3.05) is 11.9 Å². The number of carbonyl (C=O) groups is 1. The lowest BCUT2D eigenvalue weighted by atomic mass is 10.2. The molecule has 1 aliphatic rings. The van der Waals surface area contributed by atoms with E-state index < -0.39 is 0 Å². The Kier molecular flexibility index (Phi) is 3.24. The zero-order chi connectivity index (χ0) is 13.1. The number of aromatic nitrogens is 3. The second-order valence-corrected chi connectivity index (χ2v) is 4.56. The van der Waals surface area contributed by atoms with E-state index in [4.69, 9.17) is 0 Å². The number of anilines is 1. The summed E-state index contributed by atoms with van der Waals surface area (Å²) in [4.78, 5) is 12.0. The van der Waals surface area contributed by atoms with Gasteiger partial charge in [0.15, 0.2) is 0 Å². The molecule has 1 fully saturated rings. The van der Waals surface area contributed by atoms with Gasteiger partial charge in [-0.25, -0.2) is 0 Å². The Labute approximate surface area is 110 Å². The summed E-state index contributed by atoms with van der Waals surface area (Å²) in [5.74, 6) is 0.0263. The minimum absolute atomic E-state index is 0.0263. The maximum atomic E-state index is 12.0. The summed E-state index contributed by atoms with van der Waals surface area (Å²) in [6.07, 6.45) is 5.20. The van der Waals surface area contributed by atoms with Crippen LogP contribution in [0.3, 0.4) is 0 Å². The van der Waals surface area contributed by atoms with Gasteiger partial charge in [-0.1, -0.05) is 6.07 Å². The number of amides is 1. The summed E-state index contributed by atoms with van der Waals surface area (Å²) in [6.45, 7) is 0.916. The van der Waals surface area contributed by atoms with Crippen LogP contribution in [0.25, 0.3) is 5.69 Å². The van der Waals surface area contributed by atoms with Gasteiger partial charge in [0, 0.05) is 5.69 Å². The number of nitrogens with one attached hydrogen (secondary N) is 2. The third kappa shape index (κ3) is 2.63. The van der Waals surface area contributed by atoms with Gasteiger partial charge in [-0.3, -0.25) is 9.36 Å². The molecule has 3 rings (SSSR count). The molecule has 98 valence electrons. The summed E-state index contributed by atoms with van der Waals surface area (Å²) < 4.78 is 1.80. The van der Waals surface area contributed by atoms with E-state index in [1.54, 1.807) is 17.2 Å². The summed E-state index contributed by atoms with van der Waals surface area (Å²) >= 11 is 0. The number of carbonyl (C=O) groups excluding carboxylic acids is 1. The molecular weight excluding hydrogens is 242 g/mol. The summed E-state index contributed by atoms with van der Waals surface area (Å²) in [6, 6.07) is 7.54. The fourth-order valence-electron chi connectivity index (χ4n) is 2.22. The van der Waals surface area contributed by atoms with Crippen LogP contribution in [0.5, 0.6) is 0 Å². The van der Waals surface area contributed by atoms with Crippen LogP contribution in [-0.2, 0) is 4.79 Å². The van der Waals surface area contributed by atoms with Gasteiger partial charge < -0.3 is 10.6 Å². The largest absolute Gasteiger partial charge is 0.325 e. The van der Waals surface area contributed by atoms with E-state index in [0.717, 1.165) is 30.8 Å². The quantitative estimate of drug-likeness (QED) is 0.859. The SMILES string of the molecule is O=C(Nc1cccc(-n2cnnc2)c1)[C@@H]1CCCN1. The Morgan fingerprint density at radius 3 is 2.95 bits per heavy atom. The summed E-state index contributed by atoms with van der Waals surface area (Å²) in [7, 11) is 0. The van der Waals surface area contributed by atoms with Crippen LogP contribution in [0.4, 0.5) is 5.69 Å². The van der Waals surface area contributed by atoms with Crippen LogP contribution in [0.1, 0.15) is 12.8 Å². The molecule has 6 heteroatoms. The topological polar surface area (TPSA) is 71.8 Å². The van der Waals surface area contributed by atoms with E-state index in [0.29, 0.717) is 0 Å². The first kappa shape index (κ1) is 11.9. The zero-order valence-corrected chi connectivity index (χ0v) is 10.4. The van der Waals surface area contributed by atoms with Crippen LogP contribution in [0.2, 0.25) is 0 Å². The Morgan fingerprint density at radius 2 is 2.21 bits per heavy atom. The average Bonchev–Trinajstić information content (AvgIpc) is 3.13. The van der Waals surface area contributed by atoms with Gasteiger partial charge in [-0.15, -0.1) is 10.2 Å². The highest BCUT2D eigenvalue weighted by Gasteiger charge is 2.21. The normalized spacial score (nSPS) is 18.4. The zero-order valence-electron chi connectivity index (χ0n) is 10.4. The highest BCUT2D eigenvalue weighted by Crippen LogP contribution is 2.15. The fraction of sp³-hybridized carbons (Fsp3) is 0.308. The van der Waals surface area contributed by atoms with Gasteiger partial charge in [0.1, 0.15) is 12.7 Å². The molecule has 19 heavy (non-hydrogen) atoms. The lowest BCUT2D eigenvalue weighted by Crippen LogP contribution is -2.35. The van der Waals surface area contributed by atoms with Crippen molar-refractivity contribution in [2.45, 2.75) is 18.9 Å². The molecule has 1 aromatic carbocycles. The molecule has 6 nitrogen and oxygen atoms in total. The molecule has 2 aromatic rings. The van der Waals surface area contributed by atoms with Crippen molar-refractivity contribution in [3.8, 4) is 5.69 Å². The number of benzene rings is 1. The van der Waals surface area contributed by atoms with Gasteiger partial charge in [-0.05, 0) is 37.6 Å². The Balaban J connectivity index is 1.74. The van der Waals surface area contributed by atoms with E-state index in [1.165, 1.54) is 0 Å². The highest BCUT2D eigenvalue weighted by atomic mass is 16.2. The van der Waals surface area contributed by atoms with Gasteiger partial charge >= 0.3 is 0 Å². The molecule has 1 amide bonds. The second-order valence-electron chi connectivity index (χ2n) is 4.56. The predicted octanol–water partition coefficient (Wildman–Crippen LogP) is 0.958. The van der Waals surface area contributed by atoms with Crippen molar-refractivity contribution in [1.82, 2.24) is 20.1 Å². The molecule has 1 aromatic heterocycles. The van der Waals surface area contributed by atoms with E-state index in [-0.39, 0.29) is 11.9 Å². The smallest absolute Gasteiger partial charge is 0.241 e. The van der Waals surface area contributed by atoms with Crippen LogP contribution >= 0.6 is 0 Å². The lowest BCUT2D eigenvalue weighted by Gasteiger charge is -2.12. The standard InChI is InChI=1S/C13H15N5O/c19-13(12-5-2-6-14-12)17-10-3-1-4-11(7-10)18-8-15-16-9-18/h1,3-4,7-9,12,14H,2,5-6H2,(H,17,19)/t12-/m0/s1. The molecule has 0 saturated carbocycles. The van der Waals surface area contributed by atoms with E-state index in [2.05, 4.69) is 20.8 Å². The Bertz CT molecular complexity index is 560. The van der Waals surface area contributed by atoms with Crippen LogP contribution in [-0.4, -0.2) is 33.3 Å². The lowest BCUT2D eigenvalue weighted by molar-refractivity contribution is -0.117. The molecule has 1 aliphatic heterocycles. The van der Waals surface area contributed by atoms with Crippen molar-refractivity contribution in [3.63, 3.8) is 0 Å². The van der Waals surface area contributed by atoms with Crippen LogP contribution in [0, 0.1) is 0 Å².